The monoisotopic (exact) mass is 316 g/mol. The summed E-state index contributed by atoms with van der Waals surface area (Å²) in [6.07, 6.45) is -8.46. The van der Waals surface area contributed by atoms with Crippen LogP contribution in [0.15, 0.2) is 36.7 Å². The predicted octanol–water partition coefficient (Wildman–Crippen LogP) is 4.64. The van der Waals surface area contributed by atoms with Crippen LogP contribution in [0.1, 0.15) is 6.42 Å². The Bertz CT molecular complexity index is 825. The largest absolute Gasteiger partial charge is 0.432 e. The first-order valence-corrected chi connectivity index (χ1v) is 6.23. The van der Waals surface area contributed by atoms with Crippen LogP contribution in [0.4, 0.5) is 22.0 Å². The Kier molecular flexibility index (Phi) is 3.19. The number of alkyl halides is 5. The quantitative estimate of drug-likeness (QED) is 0.715. The van der Waals surface area contributed by atoms with Crippen molar-refractivity contribution in [3.63, 3.8) is 0 Å². The third kappa shape index (κ3) is 2.95. The smallest absolute Gasteiger partial charge is 0.406 e. The SMILES string of the molecule is FC(F)(F)CC(F)(F)Oc1ccc2c(c1)ncc1cc[nH]c12. The van der Waals surface area contributed by atoms with Crippen LogP contribution in [-0.2, 0) is 0 Å². The molecule has 0 bridgehead atoms. The maximum absolute atomic E-state index is 13.2. The molecule has 0 radical (unpaired) electrons. The number of halogens is 5. The van der Waals surface area contributed by atoms with Crippen molar-refractivity contribution in [3.8, 4) is 5.75 Å². The fourth-order valence-electron chi connectivity index (χ4n) is 2.20. The van der Waals surface area contributed by atoms with E-state index in [-0.39, 0.29) is 5.75 Å². The molecule has 0 saturated carbocycles. The first-order valence-electron chi connectivity index (χ1n) is 6.23. The molecule has 0 unspecified atom stereocenters. The van der Waals surface area contributed by atoms with E-state index >= 15 is 0 Å². The van der Waals surface area contributed by atoms with Crippen molar-refractivity contribution in [2.75, 3.05) is 0 Å². The van der Waals surface area contributed by atoms with Gasteiger partial charge in [0.15, 0.2) is 0 Å². The van der Waals surface area contributed by atoms with Gasteiger partial charge in [-0.2, -0.15) is 22.0 Å². The Hall–Kier alpha value is -2.38. The van der Waals surface area contributed by atoms with Gasteiger partial charge in [0.25, 0.3) is 0 Å². The highest BCUT2D eigenvalue weighted by Gasteiger charge is 2.45. The highest BCUT2D eigenvalue weighted by Crippen LogP contribution is 2.34. The van der Waals surface area contributed by atoms with E-state index in [4.69, 9.17) is 0 Å². The van der Waals surface area contributed by atoms with Gasteiger partial charge in [-0.3, -0.25) is 4.98 Å². The second-order valence-corrected chi connectivity index (χ2v) is 4.78. The van der Waals surface area contributed by atoms with Gasteiger partial charge in [-0.25, -0.2) is 0 Å². The number of rotatable bonds is 3. The number of aromatic nitrogens is 2. The number of ether oxygens (including phenoxy) is 1. The molecule has 22 heavy (non-hydrogen) atoms. The molecular weight excluding hydrogens is 307 g/mol. The Morgan fingerprint density at radius 3 is 2.59 bits per heavy atom. The third-order valence-electron chi connectivity index (χ3n) is 3.03. The zero-order valence-corrected chi connectivity index (χ0v) is 10.9. The van der Waals surface area contributed by atoms with E-state index in [0.717, 1.165) is 10.9 Å². The molecule has 1 aromatic carbocycles. The number of fused-ring (bicyclic) bond motifs is 3. The molecule has 8 heteroatoms. The van der Waals surface area contributed by atoms with Crippen LogP contribution in [0.5, 0.6) is 5.75 Å². The molecule has 0 atom stereocenters. The normalized spacial score (nSPS) is 13.0. The first-order chi connectivity index (χ1) is 10.2. The lowest BCUT2D eigenvalue weighted by atomic mass is 10.1. The Balaban J connectivity index is 1.93. The van der Waals surface area contributed by atoms with E-state index in [2.05, 4.69) is 14.7 Å². The summed E-state index contributed by atoms with van der Waals surface area (Å²) in [4.78, 5) is 7.06. The minimum absolute atomic E-state index is 0.343. The molecule has 0 amide bonds. The molecule has 3 nitrogen and oxygen atoms in total. The van der Waals surface area contributed by atoms with Crippen molar-refractivity contribution in [1.82, 2.24) is 9.97 Å². The summed E-state index contributed by atoms with van der Waals surface area (Å²) in [6.45, 7) is 0. The fourth-order valence-corrected chi connectivity index (χ4v) is 2.20. The van der Waals surface area contributed by atoms with Crippen molar-refractivity contribution in [2.24, 2.45) is 0 Å². The van der Waals surface area contributed by atoms with Gasteiger partial charge in [0.1, 0.15) is 12.2 Å². The molecule has 0 spiro atoms. The van der Waals surface area contributed by atoms with Crippen molar-refractivity contribution < 1.29 is 26.7 Å². The van der Waals surface area contributed by atoms with E-state index in [0.29, 0.717) is 10.9 Å². The molecule has 116 valence electrons. The van der Waals surface area contributed by atoms with Gasteiger partial charge in [-0.1, -0.05) is 0 Å². The van der Waals surface area contributed by atoms with Gasteiger partial charge in [0.05, 0.1) is 11.0 Å². The fraction of sp³-hybridized carbons (Fsp3) is 0.214. The number of pyridine rings is 1. The zero-order chi connectivity index (χ0) is 16.0. The van der Waals surface area contributed by atoms with Crippen LogP contribution in [-0.4, -0.2) is 22.3 Å². The first kappa shape index (κ1) is 14.6. The second kappa shape index (κ2) is 4.82. The number of H-pyrrole nitrogens is 1. The molecule has 0 aliphatic rings. The Labute approximate surface area is 120 Å². The average Bonchev–Trinajstić information content (AvgIpc) is 2.83. The van der Waals surface area contributed by atoms with E-state index in [1.807, 2.05) is 0 Å². The summed E-state index contributed by atoms with van der Waals surface area (Å²) in [5.74, 6) is -0.375. The summed E-state index contributed by atoms with van der Waals surface area (Å²) in [7, 11) is 0. The number of hydrogen-bond acceptors (Lipinski definition) is 2. The van der Waals surface area contributed by atoms with Crippen LogP contribution in [0.2, 0.25) is 0 Å². The zero-order valence-electron chi connectivity index (χ0n) is 10.9. The molecule has 1 N–H and O–H groups in total. The van der Waals surface area contributed by atoms with Crippen LogP contribution in [0.3, 0.4) is 0 Å². The van der Waals surface area contributed by atoms with Gasteiger partial charge >= 0.3 is 12.3 Å². The summed E-state index contributed by atoms with van der Waals surface area (Å²) in [5.41, 5.74) is 1.11. The number of aromatic amines is 1. The minimum atomic E-state index is -5.02. The second-order valence-electron chi connectivity index (χ2n) is 4.78. The summed E-state index contributed by atoms with van der Waals surface area (Å²) in [6, 6.07) is 5.64. The van der Waals surface area contributed by atoms with E-state index in [1.54, 1.807) is 12.3 Å². The summed E-state index contributed by atoms with van der Waals surface area (Å²) >= 11 is 0. The molecule has 0 saturated heterocycles. The lowest BCUT2D eigenvalue weighted by Gasteiger charge is -2.19. The minimum Gasteiger partial charge on any atom is -0.432 e. The molecule has 2 heterocycles. The lowest BCUT2D eigenvalue weighted by Crippen LogP contribution is -2.31. The summed E-state index contributed by atoms with van der Waals surface area (Å²) in [5, 5.41) is 1.50. The third-order valence-corrected chi connectivity index (χ3v) is 3.03. The number of nitrogens with zero attached hydrogens (tertiary/aromatic N) is 1. The molecule has 2 aromatic heterocycles. The molecule has 3 rings (SSSR count). The Morgan fingerprint density at radius 2 is 1.86 bits per heavy atom. The van der Waals surface area contributed by atoms with Gasteiger partial charge < -0.3 is 9.72 Å². The number of benzene rings is 1. The van der Waals surface area contributed by atoms with Crippen molar-refractivity contribution in [2.45, 2.75) is 18.7 Å². The van der Waals surface area contributed by atoms with Crippen LogP contribution in [0, 0.1) is 0 Å². The van der Waals surface area contributed by atoms with Crippen LogP contribution in [0.25, 0.3) is 21.8 Å². The van der Waals surface area contributed by atoms with Crippen molar-refractivity contribution >= 4 is 21.8 Å². The van der Waals surface area contributed by atoms with E-state index in [1.165, 1.54) is 24.4 Å². The van der Waals surface area contributed by atoms with Gasteiger partial charge in [-0.15, -0.1) is 0 Å². The molecule has 0 aliphatic carbocycles. The topological polar surface area (TPSA) is 37.9 Å². The lowest BCUT2D eigenvalue weighted by molar-refractivity contribution is -0.255. The average molecular weight is 316 g/mol. The van der Waals surface area contributed by atoms with Crippen LogP contribution < -0.4 is 4.74 Å². The Morgan fingerprint density at radius 1 is 1.09 bits per heavy atom. The maximum Gasteiger partial charge on any atom is 0.406 e. The van der Waals surface area contributed by atoms with Gasteiger partial charge in [-0.05, 0) is 18.2 Å². The molecule has 0 aliphatic heterocycles. The number of hydrogen-bond donors (Lipinski definition) is 1. The standard InChI is InChI=1S/C14H9F5N2O/c15-13(16,17)7-14(18,19)22-9-1-2-10-11(5-9)21-6-8-3-4-20-12(8)10/h1-6,20H,7H2. The van der Waals surface area contributed by atoms with Gasteiger partial charge in [0.2, 0.25) is 0 Å². The highest BCUT2D eigenvalue weighted by molar-refractivity contribution is 6.03. The maximum atomic E-state index is 13.2. The molecular formula is C14H9F5N2O. The van der Waals surface area contributed by atoms with Crippen LogP contribution >= 0.6 is 0 Å². The van der Waals surface area contributed by atoms with E-state index in [9.17, 15) is 22.0 Å². The molecule has 3 aromatic rings. The highest BCUT2D eigenvalue weighted by atomic mass is 19.4. The van der Waals surface area contributed by atoms with Crippen molar-refractivity contribution in [3.05, 3.63) is 36.7 Å². The summed E-state index contributed by atoms with van der Waals surface area (Å²) < 4.78 is 66.9. The number of nitrogens with one attached hydrogen (secondary N) is 1. The van der Waals surface area contributed by atoms with Gasteiger partial charge in [0, 0.05) is 29.2 Å². The molecule has 0 fully saturated rings. The van der Waals surface area contributed by atoms with Crippen molar-refractivity contribution in [1.29, 1.82) is 0 Å². The predicted molar refractivity (Wildman–Crippen MR) is 69.8 cm³/mol. The van der Waals surface area contributed by atoms with E-state index < -0.39 is 18.7 Å².